The third-order valence-electron chi connectivity index (χ3n) is 6.31. The molecular formula is C22H19O13-. The largest absolute Gasteiger partial charge is 0.872 e. The maximum Gasteiger partial charge on any atom is 0.339 e. The molecule has 5 atom stereocenters. The van der Waals surface area contributed by atoms with Gasteiger partial charge in [-0.1, -0.05) is 5.75 Å². The molecule has 0 radical (unpaired) electrons. The minimum Gasteiger partial charge on any atom is -0.872 e. The van der Waals surface area contributed by atoms with Gasteiger partial charge in [-0.15, -0.1) is 0 Å². The van der Waals surface area contributed by atoms with Crippen molar-refractivity contribution in [1.82, 2.24) is 0 Å². The Morgan fingerprint density at radius 2 is 1.60 bits per heavy atom. The number of aliphatic hydroxyl groups is 4. The molecule has 0 unspecified atom stereocenters. The molecule has 4 rings (SSSR count). The second-order valence-corrected chi connectivity index (χ2v) is 8.22. The molecule has 8 N–H and O–H groups in total. The molecule has 13 heteroatoms. The van der Waals surface area contributed by atoms with Crippen molar-refractivity contribution < 1.29 is 65.1 Å². The maximum atomic E-state index is 13.4. The lowest BCUT2D eigenvalue weighted by Crippen LogP contribution is -2.55. The predicted octanol–water partition coefficient (Wildman–Crippen LogP) is -1.83. The molecule has 0 amide bonds. The first-order valence-corrected chi connectivity index (χ1v) is 10.1. The number of ether oxygens (including phenoxy) is 1. The van der Waals surface area contributed by atoms with Crippen LogP contribution in [0.15, 0.2) is 6.07 Å². The molecule has 1 saturated heterocycles. The van der Waals surface area contributed by atoms with Crippen LogP contribution in [0.3, 0.4) is 0 Å². The summed E-state index contributed by atoms with van der Waals surface area (Å²) >= 11 is 0. The van der Waals surface area contributed by atoms with Crippen molar-refractivity contribution in [2.45, 2.75) is 37.4 Å². The van der Waals surface area contributed by atoms with E-state index in [9.17, 15) is 60.3 Å². The predicted molar refractivity (Wildman–Crippen MR) is 109 cm³/mol. The number of phenols is 3. The lowest BCUT2D eigenvalue weighted by atomic mass is 9.77. The summed E-state index contributed by atoms with van der Waals surface area (Å²) in [5.74, 6) is -8.72. The normalized spacial score (nSPS) is 25.8. The quantitative estimate of drug-likeness (QED) is 0.188. The van der Waals surface area contributed by atoms with Gasteiger partial charge in [0.25, 0.3) is 0 Å². The highest BCUT2D eigenvalue weighted by Crippen LogP contribution is 2.51. The fourth-order valence-electron chi connectivity index (χ4n) is 4.56. The fraction of sp³-hybridized carbons (Fsp3) is 0.318. The molecule has 0 bridgehead atoms. The first-order chi connectivity index (χ1) is 16.3. The van der Waals surface area contributed by atoms with Crippen LogP contribution in [0.1, 0.15) is 59.4 Å². The molecule has 2 aliphatic rings. The fourth-order valence-corrected chi connectivity index (χ4v) is 4.56. The van der Waals surface area contributed by atoms with E-state index in [0.717, 1.165) is 6.92 Å². The number of phenolic OH excluding ortho intramolecular Hbond substituents is 2. The number of hydrogen-bond donors (Lipinski definition) is 8. The van der Waals surface area contributed by atoms with E-state index in [4.69, 9.17) is 4.74 Å². The van der Waals surface area contributed by atoms with E-state index < -0.39 is 111 Å². The van der Waals surface area contributed by atoms with Gasteiger partial charge >= 0.3 is 5.97 Å². The monoisotopic (exact) mass is 491 g/mol. The first kappa shape index (κ1) is 24.4. The Morgan fingerprint density at radius 1 is 0.971 bits per heavy atom. The highest BCUT2D eigenvalue weighted by Gasteiger charge is 2.47. The van der Waals surface area contributed by atoms with Gasteiger partial charge in [-0.25, -0.2) is 4.79 Å². The van der Waals surface area contributed by atoms with Crippen LogP contribution in [0.2, 0.25) is 0 Å². The van der Waals surface area contributed by atoms with Crippen molar-refractivity contribution in [2.24, 2.45) is 0 Å². The van der Waals surface area contributed by atoms with Crippen LogP contribution in [0.5, 0.6) is 23.0 Å². The van der Waals surface area contributed by atoms with E-state index in [1.165, 1.54) is 0 Å². The van der Waals surface area contributed by atoms with E-state index in [2.05, 4.69) is 0 Å². The molecule has 186 valence electrons. The lowest BCUT2D eigenvalue weighted by molar-refractivity contribution is -0.277. The molecule has 35 heavy (non-hydrogen) atoms. The van der Waals surface area contributed by atoms with E-state index in [-0.39, 0.29) is 5.56 Å². The van der Waals surface area contributed by atoms with E-state index in [0.29, 0.717) is 6.07 Å². The van der Waals surface area contributed by atoms with Crippen LogP contribution in [0, 0.1) is 6.92 Å². The number of aliphatic hydroxyl groups excluding tert-OH is 4. The van der Waals surface area contributed by atoms with Crippen LogP contribution in [-0.4, -0.2) is 89.4 Å². The van der Waals surface area contributed by atoms with Gasteiger partial charge in [0.15, 0.2) is 23.1 Å². The number of carboxylic acid groups (broad SMARTS) is 1. The summed E-state index contributed by atoms with van der Waals surface area (Å²) in [5, 5.41) is 93.7. The lowest BCUT2D eigenvalue weighted by Gasteiger charge is -2.42. The summed E-state index contributed by atoms with van der Waals surface area (Å²) in [6.45, 7) is 0.250. The van der Waals surface area contributed by atoms with E-state index in [1.807, 2.05) is 0 Å². The Hall–Kier alpha value is -3.75. The molecule has 13 nitrogen and oxygen atoms in total. The molecule has 1 fully saturated rings. The second kappa shape index (κ2) is 8.18. The van der Waals surface area contributed by atoms with Gasteiger partial charge in [0.1, 0.15) is 41.8 Å². The Kier molecular flexibility index (Phi) is 5.70. The second-order valence-electron chi connectivity index (χ2n) is 8.22. The smallest absolute Gasteiger partial charge is 0.339 e. The highest BCUT2D eigenvalue weighted by molar-refractivity contribution is 6.31. The maximum absolute atomic E-state index is 13.4. The number of hydrogen-bond acceptors (Lipinski definition) is 12. The topological polar surface area (TPSA) is 245 Å². The minimum absolute atomic E-state index is 0.335. The molecule has 1 heterocycles. The van der Waals surface area contributed by atoms with Crippen molar-refractivity contribution in [2.75, 3.05) is 6.61 Å². The first-order valence-electron chi connectivity index (χ1n) is 10.1. The summed E-state index contributed by atoms with van der Waals surface area (Å²) < 4.78 is 5.26. The average molecular weight is 491 g/mol. The standard InChI is InChI=1S/C22H20O13/c1-4-8-5(2-6(24)9(4)22(33)34)13(25)10-11(15(8)27)16(28)12(18(30)17(10)29)21-20(32)19(31)14(26)7(3-23)35-21/h2,7,14,19-21,23-24,26,28-32H,3H2,1H3,(H,33,34)/p-1/t7-,14-,19+,20-,21+/m1/s1. The van der Waals surface area contributed by atoms with E-state index >= 15 is 0 Å². The van der Waals surface area contributed by atoms with Crippen molar-refractivity contribution in [3.05, 3.63) is 45.0 Å². The summed E-state index contributed by atoms with van der Waals surface area (Å²) in [6, 6.07) is 0.696. The van der Waals surface area contributed by atoms with Gasteiger partial charge in [-0.05, 0) is 18.6 Å². The van der Waals surface area contributed by atoms with Crippen molar-refractivity contribution in [1.29, 1.82) is 0 Å². The zero-order valence-corrected chi connectivity index (χ0v) is 17.8. The van der Waals surface area contributed by atoms with Crippen LogP contribution in [0.25, 0.3) is 0 Å². The Bertz CT molecular complexity index is 1300. The summed E-state index contributed by atoms with van der Waals surface area (Å²) in [7, 11) is 0. The van der Waals surface area contributed by atoms with Crippen LogP contribution < -0.4 is 5.11 Å². The Balaban J connectivity index is 1.99. The molecule has 1 aliphatic heterocycles. The minimum atomic E-state index is -2.07. The molecule has 2 aromatic rings. The number of rotatable bonds is 3. The summed E-state index contributed by atoms with van der Waals surface area (Å²) in [5.41, 5.74) is -4.89. The zero-order valence-electron chi connectivity index (χ0n) is 17.8. The number of aromatic hydroxyl groups is 3. The summed E-state index contributed by atoms with van der Waals surface area (Å²) in [4.78, 5) is 38.0. The zero-order chi connectivity index (χ0) is 26.1. The number of carbonyl (C=O) groups is 3. The number of benzene rings is 2. The average Bonchev–Trinajstić information content (AvgIpc) is 2.79. The number of carbonyl (C=O) groups excluding carboxylic acids is 2. The van der Waals surface area contributed by atoms with Gasteiger partial charge in [0.2, 0.25) is 0 Å². The Morgan fingerprint density at radius 3 is 2.17 bits per heavy atom. The van der Waals surface area contributed by atoms with Crippen molar-refractivity contribution in [3.63, 3.8) is 0 Å². The van der Waals surface area contributed by atoms with Gasteiger partial charge in [-0.2, -0.15) is 0 Å². The number of ketones is 2. The van der Waals surface area contributed by atoms with Gasteiger partial charge in [0.05, 0.1) is 12.2 Å². The molecule has 0 aromatic heterocycles. The number of aromatic carboxylic acids is 1. The summed E-state index contributed by atoms with van der Waals surface area (Å²) in [6.07, 6.45) is -9.30. The van der Waals surface area contributed by atoms with Crippen molar-refractivity contribution in [3.8, 4) is 23.0 Å². The molecule has 2 aromatic carbocycles. The molecular weight excluding hydrogens is 472 g/mol. The van der Waals surface area contributed by atoms with Crippen LogP contribution in [0.4, 0.5) is 0 Å². The van der Waals surface area contributed by atoms with E-state index in [1.54, 1.807) is 0 Å². The molecule has 0 saturated carbocycles. The molecule has 0 spiro atoms. The Labute approximate surface area is 195 Å². The van der Waals surface area contributed by atoms with Crippen LogP contribution in [-0.2, 0) is 4.74 Å². The third kappa shape index (κ3) is 3.25. The SMILES string of the molecule is Cc1c(C(=O)O)c(O)cc2c1C(=O)c1c([O-])c([C@@H]3O[C@H](CO)[C@@H](O)[C@H](O)[C@H]3O)c(O)c(O)c1C2=O. The number of carboxylic acids is 1. The number of fused-ring (bicyclic) bond motifs is 2. The van der Waals surface area contributed by atoms with Gasteiger partial charge in [0, 0.05) is 22.3 Å². The van der Waals surface area contributed by atoms with Crippen LogP contribution >= 0.6 is 0 Å². The highest BCUT2D eigenvalue weighted by atomic mass is 16.5. The third-order valence-corrected chi connectivity index (χ3v) is 6.31. The molecule has 1 aliphatic carbocycles. The van der Waals surface area contributed by atoms with Crippen molar-refractivity contribution >= 4 is 17.5 Å². The van der Waals surface area contributed by atoms with Gasteiger partial charge < -0.3 is 50.7 Å². The van der Waals surface area contributed by atoms with Gasteiger partial charge in [-0.3, -0.25) is 9.59 Å².